The molecule has 180 valence electrons. The van der Waals surface area contributed by atoms with Crippen LogP contribution in [0.2, 0.25) is 10.0 Å². The second-order valence-corrected chi connectivity index (χ2v) is 9.02. The first-order valence-corrected chi connectivity index (χ1v) is 11.8. The number of ether oxygens (including phenoxy) is 1. The van der Waals surface area contributed by atoms with Gasteiger partial charge in [0.1, 0.15) is 18.2 Å². The molecule has 0 bridgehead atoms. The first kappa shape index (κ1) is 23.7. The van der Waals surface area contributed by atoms with Gasteiger partial charge in [0.25, 0.3) is 0 Å². The number of benzene rings is 3. The molecule has 2 N–H and O–H groups in total. The number of carbonyl (C=O) groups is 1. The lowest BCUT2D eigenvalue weighted by Gasteiger charge is -2.13. The molecule has 1 amide bonds. The van der Waals surface area contributed by atoms with Crippen molar-refractivity contribution in [1.82, 2.24) is 9.55 Å². The van der Waals surface area contributed by atoms with Gasteiger partial charge in [0.2, 0.25) is 5.91 Å². The maximum absolute atomic E-state index is 11.5. The van der Waals surface area contributed by atoms with E-state index in [9.17, 15) is 10.0 Å². The number of fused-ring (bicyclic) bond motifs is 1. The quantitative estimate of drug-likeness (QED) is 0.231. The number of rotatable bonds is 7. The monoisotopic (exact) mass is 518 g/mol. The Kier molecular flexibility index (Phi) is 6.50. The average Bonchev–Trinajstić information content (AvgIpc) is 3.22. The van der Waals surface area contributed by atoms with Crippen LogP contribution >= 0.6 is 23.2 Å². The van der Waals surface area contributed by atoms with E-state index in [1.807, 2.05) is 28.8 Å². The highest BCUT2D eigenvalue weighted by Crippen LogP contribution is 2.28. The first-order chi connectivity index (χ1) is 17.4. The summed E-state index contributed by atoms with van der Waals surface area (Å²) in [6, 6.07) is 21.4. The summed E-state index contributed by atoms with van der Waals surface area (Å²) in [5.74, 6) is 0.763. The summed E-state index contributed by atoms with van der Waals surface area (Å²) in [6.45, 7) is 0.605. The van der Waals surface area contributed by atoms with Gasteiger partial charge in [0.05, 0.1) is 17.6 Å². The number of imidazole rings is 1. The molecule has 0 radical (unpaired) electrons. The Morgan fingerprint density at radius 1 is 0.972 bits per heavy atom. The summed E-state index contributed by atoms with van der Waals surface area (Å²) in [7, 11) is 0. The minimum Gasteiger partial charge on any atom is -0.619 e. The smallest absolute Gasteiger partial charge is 0.248 e. The van der Waals surface area contributed by atoms with Crippen LogP contribution in [0.3, 0.4) is 0 Å². The molecule has 3 aromatic carbocycles. The van der Waals surface area contributed by atoms with Gasteiger partial charge in [-0.1, -0.05) is 29.3 Å². The van der Waals surface area contributed by atoms with Crippen molar-refractivity contribution in [3.05, 3.63) is 117 Å². The minimum absolute atomic E-state index is 0.180. The fourth-order valence-corrected chi connectivity index (χ4v) is 4.31. The van der Waals surface area contributed by atoms with Gasteiger partial charge in [0.15, 0.2) is 12.4 Å². The molecule has 0 spiro atoms. The molecule has 0 fully saturated rings. The molecule has 5 rings (SSSR count). The lowest BCUT2D eigenvalue weighted by molar-refractivity contribution is -0.605. The molecule has 0 unspecified atom stereocenters. The third-order valence-electron chi connectivity index (χ3n) is 5.81. The Balaban J connectivity index is 1.54. The summed E-state index contributed by atoms with van der Waals surface area (Å²) in [5.41, 5.74) is 10.1. The Morgan fingerprint density at radius 3 is 2.44 bits per heavy atom. The molecule has 7 nitrogen and oxygen atoms in total. The molecule has 0 aliphatic rings. The van der Waals surface area contributed by atoms with Gasteiger partial charge in [-0.2, -0.15) is 4.73 Å². The molecule has 0 atom stereocenters. The van der Waals surface area contributed by atoms with Gasteiger partial charge in [-0.3, -0.25) is 4.79 Å². The number of halogens is 2. The molecule has 2 heterocycles. The van der Waals surface area contributed by atoms with Crippen LogP contribution in [-0.4, -0.2) is 15.5 Å². The van der Waals surface area contributed by atoms with Crippen LogP contribution < -0.4 is 15.2 Å². The number of aromatic nitrogens is 3. The number of hydrogen-bond acceptors (Lipinski definition) is 4. The highest BCUT2D eigenvalue weighted by molar-refractivity contribution is 6.33. The van der Waals surface area contributed by atoms with Crippen LogP contribution in [0, 0.1) is 5.21 Å². The maximum atomic E-state index is 11.5. The van der Waals surface area contributed by atoms with E-state index in [4.69, 9.17) is 38.7 Å². The molecule has 36 heavy (non-hydrogen) atoms. The maximum Gasteiger partial charge on any atom is 0.248 e. The first-order valence-electron chi connectivity index (χ1n) is 11.0. The van der Waals surface area contributed by atoms with Crippen molar-refractivity contribution in [2.24, 2.45) is 5.73 Å². The number of amides is 1. The minimum atomic E-state index is -0.499. The van der Waals surface area contributed by atoms with Gasteiger partial charge in [-0.15, -0.1) is 0 Å². The van der Waals surface area contributed by atoms with Crippen LogP contribution in [-0.2, 0) is 13.2 Å². The molecule has 0 aliphatic carbocycles. The van der Waals surface area contributed by atoms with Gasteiger partial charge in [-0.05, 0) is 71.3 Å². The number of pyridine rings is 1. The number of primary amides is 1. The highest BCUT2D eigenvalue weighted by Gasteiger charge is 2.15. The third kappa shape index (κ3) is 4.98. The molecule has 9 heteroatoms. The molecule has 5 aromatic rings. The fourth-order valence-electron chi connectivity index (χ4n) is 3.94. The van der Waals surface area contributed by atoms with Crippen molar-refractivity contribution in [2.45, 2.75) is 13.2 Å². The zero-order valence-electron chi connectivity index (χ0n) is 18.9. The van der Waals surface area contributed by atoms with Crippen LogP contribution in [0.5, 0.6) is 5.75 Å². The Hall–Kier alpha value is -4.07. The summed E-state index contributed by atoms with van der Waals surface area (Å²) >= 11 is 12.7. The summed E-state index contributed by atoms with van der Waals surface area (Å²) < 4.78 is 8.77. The lowest BCUT2D eigenvalue weighted by Crippen LogP contribution is -2.23. The van der Waals surface area contributed by atoms with E-state index >= 15 is 0 Å². The number of nitrogens with zero attached hydrogens (tertiary/aromatic N) is 3. The molecular formula is C27H20Cl2N4O3. The number of carbonyl (C=O) groups excluding carboxylic acids is 1. The van der Waals surface area contributed by atoms with Crippen LogP contribution in [0.1, 0.15) is 21.7 Å². The predicted octanol–water partition coefficient (Wildman–Crippen LogP) is 5.37. The average molecular weight is 519 g/mol. The van der Waals surface area contributed by atoms with Crippen molar-refractivity contribution in [2.75, 3.05) is 0 Å². The zero-order chi connectivity index (χ0) is 25.2. The van der Waals surface area contributed by atoms with Crippen molar-refractivity contribution in [3.8, 4) is 16.9 Å². The van der Waals surface area contributed by atoms with E-state index in [1.165, 1.54) is 12.4 Å². The number of nitrogens with two attached hydrogens (primary N) is 1. The predicted molar refractivity (Wildman–Crippen MR) is 139 cm³/mol. The normalized spacial score (nSPS) is 11.1. The van der Waals surface area contributed by atoms with Crippen molar-refractivity contribution in [3.63, 3.8) is 0 Å². The zero-order valence-corrected chi connectivity index (χ0v) is 20.4. The Morgan fingerprint density at radius 2 is 1.72 bits per heavy atom. The van der Waals surface area contributed by atoms with E-state index in [0.29, 0.717) is 33.7 Å². The summed E-state index contributed by atoms with van der Waals surface area (Å²) in [6.07, 6.45) is 2.93. The molecular weight excluding hydrogens is 499 g/mol. The molecule has 0 aliphatic heterocycles. The molecule has 2 aromatic heterocycles. The SMILES string of the molecule is NC(=O)c1ccc(OCc2nc3ccc(-c4cc[n+]([O-])cc4)cc3n2Cc2cc(Cl)ccc2Cl)cc1. The molecule has 0 saturated heterocycles. The van der Waals surface area contributed by atoms with Crippen molar-refractivity contribution in [1.29, 1.82) is 0 Å². The van der Waals surface area contributed by atoms with Crippen LogP contribution in [0.4, 0.5) is 0 Å². The lowest BCUT2D eigenvalue weighted by atomic mass is 10.1. The Bertz CT molecular complexity index is 1570. The topological polar surface area (TPSA) is 97.1 Å². The van der Waals surface area contributed by atoms with E-state index in [0.717, 1.165) is 32.5 Å². The Labute approximate surface area is 216 Å². The van der Waals surface area contributed by atoms with E-state index < -0.39 is 5.91 Å². The van der Waals surface area contributed by atoms with Crippen molar-refractivity contribution < 1.29 is 14.3 Å². The van der Waals surface area contributed by atoms with E-state index in [1.54, 1.807) is 48.5 Å². The van der Waals surface area contributed by atoms with Gasteiger partial charge < -0.3 is 20.2 Å². The number of hydrogen-bond donors (Lipinski definition) is 1. The fraction of sp³-hybridized carbons (Fsp3) is 0.0741. The largest absolute Gasteiger partial charge is 0.619 e. The summed E-state index contributed by atoms with van der Waals surface area (Å²) in [4.78, 5) is 16.1. The third-order valence-corrected chi connectivity index (χ3v) is 6.41. The standard InChI is InChI=1S/C27H20Cl2N4O3/c28-21-4-7-23(29)20(13-21)15-33-25-14-19(17-9-11-32(35)12-10-17)3-8-24(25)31-26(33)16-36-22-5-1-18(2-6-22)27(30)34/h1-14H,15-16H2,(H2,30,34). The van der Waals surface area contributed by atoms with Crippen molar-refractivity contribution >= 4 is 40.1 Å². The van der Waals surface area contributed by atoms with Gasteiger partial charge in [-0.25, -0.2) is 4.98 Å². The highest BCUT2D eigenvalue weighted by atomic mass is 35.5. The van der Waals surface area contributed by atoms with Gasteiger partial charge >= 0.3 is 0 Å². The second kappa shape index (κ2) is 9.89. The van der Waals surface area contributed by atoms with Crippen LogP contribution in [0.15, 0.2) is 85.2 Å². The van der Waals surface area contributed by atoms with Crippen LogP contribution in [0.25, 0.3) is 22.2 Å². The molecule has 0 saturated carbocycles. The summed E-state index contributed by atoms with van der Waals surface area (Å²) in [5, 5.41) is 12.6. The van der Waals surface area contributed by atoms with E-state index in [2.05, 4.69) is 0 Å². The second-order valence-electron chi connectivity index (χ2n) is 8.18. The van der Waals surface area contributed by atoms with Gasteiger partial charge in [0, 0.05) is 27.7 Å². The van der Waals surface area contributed by atoms with E-state index in [-0.39, 0.29) is 6.61 Å².